The highest BCUT2D eigenvalue weighted by molar-refractivity contribution is 6.30. The van der Waals surface area contributed by atoms with Crippen molar-refractivity contribution in [2.75, 3.05) is 11.4 Å². The van der Waals surface area contributed by atoms with Crippen molar-refractivity contribution in [1.82, 2.24) is 9.55 Å². The standard InChI is InChI=1S/C24H24ClN3O2/c25-18-9-11-21-16(14-18)6-5-13-27(21)23(29)17-8-10-19-20(15-17)26-22-7-3-1-2-4-12-28(22)24(19)30/h8-11,14-15H,1-7,12-13H2. The highest BCUT2D eigenvalue weighted by Gasteiger charge is 2.24. The van der Waals surface area contributed by atoms with Gasteiger partial charge in [0.1, 0.15) is 5.82 Å². The lowest BCUT2D eigenvalue weighted by atomic mass is 10.0. The molecule has 5 nitrogen and oxygen atoms in total. The Balaban J connectivity index is 1.55. The zero-order valence-corrected chi connectivity index (χ0v) is 17.6. The molecule has 0 spiro atoms. The molecule has 0 saturated carbocycles. The molecule has 0 unspecified atom stereocenters. The number of hydrogen-bond acceptors (Lipinski definition) is 3. The topological polar surface area (TPSA) is 55.2 Å². The predicted octanol–water partition coefficient (Wildman–Crippen LogP) is 4.76. The molecular weight excluding hydrogens is 398 g/mol. The molecule has 30 heavy (non-hydrogen) atoms. The first-order valence-electron chi connectivity index (χ1n) is 10.8. The third-order valence-electron chi connectivity index (χ3n) is 6.22. The number of anilines is 1. The molecule has 0 atom stereocenters. The summed E-state index contributed by atoms with van der Waals surface area (Å²) in [6.45, 7) is 1.40. The van der Waals surface area contributed by atoms with Gasteiger partial charge in [-0.25, -0.2) is 4.98 Å². The van der Waals surface area contributed by atoms with Crippen LogP contribution in [0.4, 0.5) is 5.69 Å². The smallest absolute Gasteiger partial charge is 0.261 e. The Labute approximate surface area is 180 Å². The van der Waals surface area contributed by atoms with Crippen molar-refractivity contribution in [3.05, 3.63) is 68.7 Å². The lowest BCUT2D eigenvalue weighted by Crippen LogP contribution is -2.35. The summed E-state index contributed by atoms with van der Waals surface area (Å²) < 4.78 is 1.83. The van der Waals surface area contributed by atoms with E-state index in [1.165, 1.54) is 6.42 Å². The van der Waals surface area contributed by atoms with Gasteiger partial charge >= 0.3 is 0 Å². The molecule has 3 aromatic rings. The van der Waals surface area contributed by atoms with Crippen molar-refractivity contribution in [3.63, 3.8) is 0 Å². The number of benzene rings is 2. The van der Waals surface area contributed by atoms with E-state index < -0.39 is 0 Å². The van der Waals surface area contributed by atoms with Gasteiger partial charge < -0.3 is 4.90 Å². The molecule has 154 valence electrons. The quantitative estimate of drug-likeness (QED) is 0.569. The molecule has 1 aromatic heterocycles. The van der Waals surface area contributed by atoms with Crippen LogP contribution in [0.2, 0.25) is 5.02 Å². The van der Waals surface area contributed by atoms with Crippen LogP contribution in [-0.2, 0) is 19.4 Å². The minimum absolute atomic E-state index is 0.00820. The number of halogens is 1. The average molecular weight is 422 g/mol. The highest BCUT2D eigenvalue weighted by atomic mass is 35.5. The van der Waals surface area contributed by atoms with Crippen molar-refractivity contribution >= 4 is 34.1 Å². The normalized spacial score (nSPS) is 16.5. The average Bonchev–Trinajstić information content (AvgIpc) is 2.73. The van der Waals surface area contributed by atoms with Gasteiger partial charge in [-0.05, 0) is 67.6 Å². The number of aryl methyl sites for hydroxylation is 2. The monoisotopic (exact) mass is 421 g/mol. The molecule has 2 aliphatic heterocycles. The van der Waals surface area contributed by atoms with Gasteiger partial charge in [-0.15, -0.1) is 0 Å². The SMILES string of the molecule is O=C(c1ccc2c(=O)n3c(nc2c1)CCCCCC3)N1CCCc2cc(Cl)ccc21. The van der Waals surface area contributed by atoms with Crippen molar-refractivity contribution in [3.8, 4) is 0 Å². The van der Waals surface area contributed by atoms with E-state index in [0.717, 1.165) is 62.1 Å². The van der Waals surface area contributed by atoms with Crippen LogP contribution in [0.25, 0.3) is 10.9 Å². The van der Waals surface area contributed by atoms with E-state index in [1.807, 2.05) is 27.7 Å². The fourth-order valence-corrected chi connectivity index (χ4v) is 4.86. The van der Waals surface area contributed by atoms with E-state index in [-0.39, 0.29) is 11.5 Å². The van der Waals surface area contributed by atoms with Gasteiger partial charge in [0.15, 0.2) is 0 Å². The lowest BCUT2D eigenvalue weighted by molar-refractivity contribution is 0.0985. The Morgan fingerprint density at radius 2 is 1.80 bits per heavy atom. The Bertz CT molecular complexity index is 1200. The van der Waals surface area contributed by atoms with E-state index >= 15 is 0 Å². The fraction of sp³-hybridized carbons (Fsp3) is 0.375. The summed E-state index contributed by atoms with van der Waals surface area (Å²) in [4.78, 5) is 33.0. The van der Waals surface area contributed by atoms with Crippen LogP contribution in [0.3, 0.4) is 0 Å². The van der Waals surface area contributed by atoms with Crippen LogP contribution in [0.15, 0.2) is 41.2 Å². The maximum atomic E-state index is 13.3. The minimum atomic E-state index is -0.0613. The summed E-state index contributed by atoms with van der Waals surface area (Å²) >= 11 is 6.14. The second-order valence-corrected chi connectivity index (χ2v) is 8.65. The summed E-state index contributed by atoms with van der Waals surface area (Å²) in [6, 6.07) is 11.0. The molecule has 0 saturated heterocycles. The van der Waals surface area contributed by atoms with Crippen LogP contribution >= 0.6 is 11.6 Å². The summed E-state index contributed by atoms with van der Waals surface area (Å²) in [7, 11) is 0. The van der Waals surface area contributed by atoms with Crippen LogP contribution < -0.4 is 10.5 Å². The van der Waals surface area contributed by atoms with Gasteiger partial charge in [-0.3, -0.25) is 14.2 Å². The third-order valence-corrected chi connectivity index (χ3v) is 6.45. The van der Waals surface area contributed by atoms with Crippen molar-refractivity contribution in [2.24, 2.45) is 0 Å². The molecular formula is C24H24ClN3O2. The number of carbonyl (C=O) groups excluding carboxylic acids is 1. The molecule has 1 amide bonds. The maximum Gasteiger partial charge on any atom is 0.261 e. The first-order valence-corrected chi connectivity index (χ1v) is 11.1. The minimum Gasteiger partial charge on any atom is -0.308 e. The number of carbonyl (C=O) groups is 1. The van der Waals surface area contributed by atoms with E-state index in [9.17, 15) is 9.59 Å². The zero-order valence-electron chi connectivity index (χ0n) is 16.9. The first kappa shape index (κ1) is 19.3. The number of nitrogens with zero attached hydrogens (tertiary/aromatic N) is 3. The summed E-state index contributed by atoms with van der Waals surface area (Å²) in [6.07, 6.45) is 7.01. The Morgan fingerprint density at radius 1 is 0.933 bits per heavy atom. The van der Waals surface area contributed by atoms with E-state index in [2.05, 4.69) is 0 Å². The van der Waals surface area contributed by atoms with Crippen LogP contribution in [0.5, 0.6) is 0 Å². The van der Waals surface area contributed by atoms with Gasteiger partial charge in [-0.1, -0.05) is 24.4 Å². The zero-order chi connectivity index (χ0) is 20.7. The number of hydrogen-bond donors (Lipinski definition) is 0. The van der Waals surface area contributed by atoms with Crippen LogP contribution in [-0.4, -0.2) is 22.0 Å². The number of fused-ring (bicyclic) bond motifs is 3. The van der Waals surface area contributed by atoms with Crippen LogP contribution in [0.1, 0.15) is 53.8 Å². The summed E-state index contributed by atoms with van der Waals surface area (Å²) in [5, 5.41) is 1.27. The second kappa shape index (κ2) is 7.88. The third kappa shape index (κ3) is 3.41. The number of aromatic nitrogens is 2. The van der Waals surface area contributed by atoms with Crippen molar-refractivity contribution < 1.29 is 4.79 Å². The van der Waals surface area contributed by atoms with E-state index in [1.54, 1.807) is 18.2 Å². The van der Waals surface area contributed by atoms with Gasteiger partial charge in [0.05, 0.1) is 10.9 Å². The van der Waals surface area contributed by atoms with Crippen LogP contribution in [0, 0.1) is 0 Å². The Kier molecular flexibility index (Phi) is 5.07. The first-order chi connectivity index (χ1) is 14.6. The van der Waals surface area contributed by atoms with Gasteiger partial charge in [0, 0.05) is 35.8 Å². The van der Waals surface area contributed by atoms with E-state index in [0.29, 0.717) is 28.0 Å². The second-order valence-electron chi connectivity index (χ2n) is 8.21. The van der Waals surface area contributed by atoms with Gasteiger partial charge in [0.2, 0.25) is 0 Å². The molecule has 3 heterocycles. The number of amides is 1. The molecule has 0 aliphatic carbocycles. The highest BCUT2D eigenvalue weighted by Crippen LogP contribution is 2.31. The Hall–Kier alpha value is -2.66. The number of rotatable bonds is 1. The molecule has 6 heteroatoms. The fourth-order valence-electron chi connectivity index (χ4n) is 4.66. The Morgan fingerprint density at radius 3 is 2.70 bits per heavy atom. The summed E-state index contributed by atoms with van der Waals surface area (Å²) in [5.41, 5.74) is 3.20. The maximum absolute atomic E-state index is 13.3. The predicted molar refractivity (Wildman–Crippen MR) is 120 cm³/mol. The molecule has 0 radical (unpaired) electrons. The molecule has 5 rings (SSSR count). The largest absolute Gasteiger partial charge is 0.308 e. The van der Waals surface area contributed by atoms with Crippen molar-refractivity contribution in [2.45, 2.75) is 51.5 Å². The van der Waals surface area contributed by atoms with E-state index in [4.69, 9.17) is 16.6 Å². The molecule has 0 N–H and O–H groups in total. The lowest BCUT2D eigenvalue weighted by Gasteiger charge is -2.29. The molecule has 2 aliphatic rings. The summed E-state index contributed by atoms with van der Waals surface area (Å²) in [5.74, 6) is 0.781. The molecule has 2 aromatic carbocycles. The van der Waals surface area contributed by atoms with Crippen molar-refractivity contribution in [1.29, 1.82) is 0 Å². The van der Waals surface area contributed by atoms with Gasteiger partial charge in [0.25, 0.3) is 11.5 Å². The molecule has 0 fully saturated rings. The van der Waals surface area contributed by atoms with Gasteiger partial charge in [-0.2, -0.15) is 0 Å². The molecule has 0 bridgehead atoms.